The number of Topliss-reactive ketones (excluding diaryl/α,β-unsaturated/α-hetero) is 1. The molecule has 2 atom stereocenters. The summed E-state index contributed by atoms with van der Waals surface area (Å²) in [5.74, 6) is -2.23. The number of aliphatic carboxylic acids is 1. The van der Waals surface area contributed by atoms with Gasteiger partial charge in [0.15, 0.2) is 11.7 Å². The van der Waals surface area contributed by atoms with Crippen LogP contribution in [0.4, 0.5) is 5.69 Å². The molecule has 1 aliphatic rings. The molecule has 0 aromatic heterocycles. The van der Waals surface area contributed by atoms with E-state index < -0.39 is 23.9 Å². The lowest BCUT2D eigenvalue weighted by Crippen LogP contribution is -2.42. The number of aliphatic imine (C=N–C) groups is 1. The van der Waals surface area contributed by atoms with Crippen LogP contribution in [0.5, 0.6) is 5.75 Å². The normalized spacial score (nSPS) is 16.1. The molecule has 6 N–H and O–H groups in total. The van der Waals surface area contributed by atoms with Crippen LogP contribution in [0.2, 0.25) is 0 Å². The predicted octanol–water partition coefficient (Wildman–Crippen LogP) is 3.13. The zero-order valence-electron chi connectivity index (χ0n) is 21.5. The fourth-order valence-electron chi connectivity index (χ4n) is 3.99. The zero-order chi connectivity index (χ0) is 28.0. The first-order chi connectivity index (χ1) is 17.8. The van der Waals surface area contributed by atoms with E-state index in [2.05, 4.69) is 57.6 Å². The lowest BCUT2D eigenvalue weighted by Gasteiger charge is -2.23. The Morgan fingerprint density at radius 2 is 1.87 bits per heavy atom. The van der Waals surface area contributed by atoms with Crippen molar-refractivity contribution in [3.05, 3.63) is 57.6 Å². The number of anilines is 1. The smallest absolute Gasteiger partial charge is 0.303 e. The highest BCUT2D eigenvalue weighted by atomic mass is 79.9. The van der Waals surface area contributed by atoms with Crippen LogP contribution in [0.15, 0.2) is 45.9 Å². The first-order valence-electron chi connectivity index (χ1n) is 12.2. The van der Waals surface area contributed by atoms with Crippen molar-refractivity contribution in [2.75, 3.05) is 25.0 Å². The summed E-state index contributed by atoms with van der Waals surface area (Å²) in [6.07, 6.45) is -0.866. The molecule has 1 aliphatic heterocycles. The Morgan fingerprint density at radius 3 is 2.50 bits per heavy atom. The molecule has 2 aromatic carbocycles. The number of ketones is 1. The number of carbonyl (C=O) groups is 3. The van der Waals surface area contributed by atoms with Crippen LogP contribution in [-0.4, -0.2) is 64.7 Å². The van der Waals surface area contributed by atoms with Crippen LogP contribution in [0.3, 0.4) is 0 Å². The average molecular weight is 589 g/mol. The Hall–Kier alpha value is -3.44. The highest BCUT2D eigenvalue weighted by Crippen LogP contribution is 2.32. The Balaban J connectivity index is 1.67. The monoisotopic (exact) mass is 588 g/mol. The third kappa shape index (κ3) is 8.56. The van der Waals surface area contributed by atoms with Gasteiger partial charge in [0.05, 0.1) is 25.6 Å². The zero-order valence-corrected chi connectivity index (χ0v) is 23.1. The van der Waals surface area contributed by atoms with Crippen LogP contribution in [0, 0.1) is 0 Å². The summed E-state index contributed by atoms with van der Waals surface area (Å²) in [6, 6.07) is 9.91. The minimum Gasteiger partial charge on any atom is -0.508 e. The van der Waals surface area contributed by atoms with Crippen LogP contribution >= 0.6 is 15.9 Å². The maximum atomic E-state index is 12.8. The van der Waals surface area contributed by atoms with Gasteiger partial charge in [-0.1, -0.05) is 42.8 Å². The number of halogens is 1. The summed E-state index contributed by atoms with van der Waals surface area (Å²) < 4.78 is 0.801. The van der Waals surface area contributed by atoms with E-state index in [0.29, 0.717) is 18.2 Å². The van der Waals surface area contributed by atoms with Gasteiger partial charge in [-0.15, -0.1) is 0 Å². The molecule has 3 rings (SSSR count). The van der Waals surface area contributed by atoms with Gasteiger partial charge in [-0.25, -0.2) is 0 Å². The largest absolute Gasteiger partial charge is 0.508 e. The SMILES string of the molecule is CC(C)(C)c1cc(Br)cc([C@H](CC(=O)O)CC(=O)CNC(=O)c2cc(O)cc(NC3=NCC(O)CN3)c2)c1. The van der Waals surface area contributed by atoms with E-state index in [1.165, 1.54) is 18.2 Å². The summed E-state index contributed by atoms with van der Waals surface area (Å²) in [7, 11) is 0. The van der Waals surface area contributed by atoms with Crippen LogP contribution < -0.4 is 16.0 Å². The van der Waals surface area contributed by atoms with E-state index in [4.69, 9.17) is 0 Å². The summed E-state index contributed by atoms with van der Waals surface area (Å²) in [6.45, 7) is 6.41. The van der Waals surface area contributed by atoms with Gasteiger partial charge >= 0.3 is 5.97 Å². The van der Waals surface area contributed by atoms with E-state index in [-0.39, 0.29) is 48.4 Å². The summed E-state index contributed by atoms with van der Waals surface area (Å²) in [4.78, 5) is 41.2. The number of hydrogen-bond donors (Lipinski definition) is 6. The molecule has 38 heavy (non-hydrogen) atoms. The minimum atomic E-state index is -1.02. The molecule has 204 valence electrons. The summed E-state index contributed by atoms with van der Waals surface area (Å²) in [5, 5.41) is 37.5. The molecule has 2 aromatic rings. The van der Waals surface area contributed by atoms with E-state index in [9.17, 15) is 29.7 Å². The van der Waals surface area contributed by atoms with Crippen molar-refractivity contribution in [1.29, 1.82) is 0 Å². The molecule has 0 radical (unpaired) electrons. The van der Waals surface area contributed by atoms with Crippen molar-refractivity contribution in [2.24, 2.45) is 4.99 Å². The molecule has 10 nitrogen and oxygen atoms in total. The number of aliphatic hydroxyl groups is 1. The first kappa shape index (κ1) is 29.1. The second kappa shape index (κ2) is 12.4. The molecular weight excluding hydrogens is 556 g/mol. The molecule has 11 heteroatoms. The number of carboxylic acid groups (broad SMARTS) is 1. The lowest BCUT2D eigenvalue weighted by molar-refractivity contribution is -0.137. The fraction of sp³-hybridized carbons (Fsp3) is 0.407. The number of benzene rings is 2. The number of phenols is 1. The van der Waals surface area contributed by atoms with Gasteiger partial charge in [0.1, 0.15) is 5.75 Å². The Labute approximate surface area is 229 Å². The molecule has 0 bridgehead atoms. The quantitative estimate of drug-likeness (QED) is 0.260. The summed E-state index contributed by atoms with van der Waals surface area (Å²) >= 11 is 3.49. The number of aromatic hydroxyl groups is 1. The van der Waals surface area contributed by atoms with Gasteiger partial charge in [-0.3, -0.25) is 19.4 Å². The van der Waals surface area contributed by atoms with Gasteiger partial charge in [0.25, 0.3) is 5.91 Å². The molecule has 1 heterocycles. The molecule has 1 amide bonds. The highest BCUT2D eigenvalue weighted by Gasteiger charge is 2.23. The maximum Gasteiger partial charge on any atom is 0.303 e. The first-order valence-corrected chi connectivity index (χ1v) is 13.0. The second-order valence-electron chi connectivity index (χ2n) is 10.4. The number of hydrogen-bond acceptors (Lipinski definition) is 8. The van der Waals surface area contributed by atoms with Gasteiger partial charge in [-0.05, 0) is 40.8 Å². The molecule has 0 fully saturated rings. The van der Waals surface area contributed by atoms with Gasteiger partial charge in [0, 0.05) is 40.7 Å². The predicted molar refractivity (Wildman–Crippen MR) is 148 cm³/mol. The Kier molecular flexibility index (Phi) is 9.50. The summed E-state index contributed by atoms with van der Waals surface area (Å²) in [5.41, 5.74) is 2.11. The number of β-amino-alcohol motifs (C(OH)–C–C–N with tert-alkyl or cyclic N) is 1. The van der Waals surface area contributed by atoms with Crippen LogP contribution in [0.1, 0.15) is 61.0 Å². The van der Waals surface area contributed by atoms with Crippen molar-refractivity contribution in [2.45, 2.75) is 51.0 Å². The molecule has 1 unspecified atom stereocenters. The van der Waals surface area contributed by atoms with Gasteiger partial charge < -0.3 is 31.3 Å². The number of guanidine groups is 1. The van der Waals surface area contributed by atoms with E-state index in [0.717, 1.165) is 15.6 Å². The molecule has 0 saturated heterocycles. The van der Waals surface area contributed by atoms with E-state index in [1.807, 2.05) is 18.2 Å². The molecule has 0 aliphatic carbocycles. The Bertz CT molecular complexity index is 1240. The van der Waals surface area contributed by atoms with Gasteiger partial charge in [-0.2, -0.15) is 0 Å². The topological polar surface area (TPSA) is 160 Å². The van der Waals surface area contributed by atoms with Crippen molar-refractivity contribution in [1.82, 2.24) is 10.6 Å². The lowest BCUT2D eigenvalue weighted by atomic mass is 9.83. The minimum absolute atomic E-state index is 0.0587. The number of nitrogens with zero attached hydrogens (tertiary/aromatic N) is 1. The number of phenolic OH excluding ortho intramolecular Hbond substituents is 1. The second-order valence-corrected chi connectivity index (χ2v) is 11.3. The third-order valence-corrected chi connectivity index (χ3v) is 6.46. The van der Waals surface area contributed by atoms with Crippen molar-refractivity contribution in [3.63, 3.8) is 0 Å². The molecule has 0 spiro atoms. The fourth-order valence-corrected chi connectivity index (χ4v) is 4.51. The van der Waals surface area contributed by atoms with Crippen molar-refractivity contribution >= 4 is 45.2 Å². The molecule has 0 saturated carbocycles. The van der Waals surface area contributed by atoms with E-state index >= 15 is 0 Å². The average Bonchev–Trinajstić information content (AvgIpc) is 2.82. The van der Waals surface area contributed by atoms with Crippen molar-refractivity contribution in [3.8, 4) is 5.75 Å². The van der Waals surface area contributed by atoms with Crippen LogP contribution in [-0.2, 0) is 15.0 Å². The van der Waals surface area contributed by atoms with Crippen LogP contribution in [0.25, 0.3) is 0 Å². The highest BCUT2D eigenvalue weighted by molar-refractivity contribution is 9.10. The molecular formula is C27H33BrN4O6. The number of carboxylic acids is 1. The standard InChI is InChI=1S/C27H33BrN4O6/c1-27(2,3)18-4-15(5-19(28)10-18)16(9-24(36)37)7-22(34)12-29-25(38)17-6-20(11-21(33)8-17)32-26-30-13-23(35)14-31-26/h4-6,8,10-11,16,23,33,35H,7,9,12-14H2,1-3H3,(H,29,38)(H,36,37)(H2,30,31,32)/t16-/m0/s1. The number of aliphatic hydroxyl groups excluding tert-OH is 1. The number of carbonyl (C=O) groups excluding carboxylic acids is 2. The van der Waals surface area contributed by atoms with Gasteiger partial charge in [0.2, 0.25) is 0 Å². The number of rotatable bonds is 9. The number of nitrogens with one attached hydrogen (secondary N) is 3. The van der Waals surface area contributed by atoms with Crippen molar-refractivity contribution < 1.29 is 29.7 Å². The number of amides is 1. The maximum absolute atomic E-state index is 12.8. The van der Waals surface area contributed by atoms with E-state index in [1.54, 1.807) is 0 Å². The third-order valence-electron chi connectivity index (χ3n) is 6.01. The Morgan fingerprint density at radius 1 is 1.13 bits per heavy atom.